The molecule has 0 radical (unpaired) electrons. The zero-order chi connectivity index (χ0) is 28.2. The van der Waals surface area contributed by atoms with Crippen molar-refractivity contribution in [2.75, 3.05) is 51.2 Å². The number of halogens is 1. The number of aliphatic hydroxyl groups excluding tert-OH is 1. The molecule has 2 N–H and O–H groups in total. The molecule has 1 aliphatic carbocycles. The topological polar surface area (TPSA) is 91.1 Å². The van der Waals surface area contributed by atoms with Crippen LogP contribution in [0.5, 0.6) is 5.75 Å². The Labute approximate surface area is 238 Å². The third-order valence-corrected chi connectivity index (χ3v) is 7.87. The van der Waals surface area contributed by atoms with E-state index in [0.29, 0.717) is 35.8 Å². The highest BCUT2D eigenvalue weighted by atomic mass is 19.1. The molecule has 8 nitrogen and oxygen atoms in total. The molecule has 1 amide bonds. The van der Waals surface area contributed by atoms with Crippen molar-refractivity contribution in [3.05, 3.63) is 77.6 Å². The van der Waals surface area contributed by atoms with Crippen LogP contribution in [-0.2, 0) is 17.6 Å². The van der Waals surface area contributed by atoms with Crippen LogP contribution in [0.2, 0.25) is 0 Å². The fraction of sp³-hybridized carbons (Fsp3) is 0.375. The first-order valence-corrected chi connectivity index (χ1v) is 14.3. The van der Waals surface area contributed by atoms with Gasteiger partial charge in [-0.1, -0.05) is 18.2 Å². The van der Waals surface area contributed by atoms with E-state index in [9.17, 15) is 14.3 Å². The van der Waals surface area contributed by atoms with Crippen LogP contribution in [0.25, 0.3) is 22.6 Å². The molecule has 1 aromatic heterocycles. The third-order valence-electron chi connectivity index (χ3n) is 7.87. The summed E-state index contributed by atoms with van der Waals surface area (Å²) in [6, 6.07) is 18.4. The van der Waals surface area contributed by atoms with E-state index in [1.165, 1.54) is 6.07 Å². The molecule has 214 valence electrons. The number of oxazole rings is 1. The monoisotopic (exact) mass is 558 g/mol. The second kappa shape index (κ2) is 12.4. The summed E-state index contributed by atoms with van der Waals surface area (Å²) >= 11 is 0. The Morgan fingerprint density at radius 1 is 1.00 bits per heavy atom. The molecule has 0 bridgehead atoms. The van der Waals surface area contributed by atoms with Gasteiger partial charge in [-0.15, -0.1) is 0 Å². The summed E-state index contributed by atoms with van der Waals surface area (Å²) in [6.07, 6.45) is 2.89. The number of nitrogens with zero attached hydrogens (tertiary/aromatic N) is 3. The number of fused-ring (bicyclic) bond motifs is 2. The largest absolute Gasteiger partial charge is 0.491 e. The summed E-state index contributed by atoms with van der Waals surface area (Å²) in [7, 11) is 0. The number of nitrogens with one attached hydrogen (secondary N) is 1. The normalized spacial score (nSPS) is 16.8. The summed E-state index contributed by atoms with van der Waals surface area (Å²) in [6.45, 7) is 3.92. The molecule has 1 unspecified atom stereocenters. The highest BCUT2D eigenvalue weighted by Crippen LogP contribution is 2.30. The Bertz CT molecular complexity index is 1500. The molecule has 4 aromatic rings. The SMILES string of the molecule is O=C(CN1CCN(CC(O)COc2ccc3oc(-c4ccccc4)nc3c2)CC1)Nc1ccc(F)c2c1CCCC2. The van der Waals surface area contributed by atoms with Crippen molar-refractivity contribution in [1.29, 1.82) is 0 Å². The van der Waals surface area contributed by atoms with Crippen LogP contribution in [0.1, 0.15) is 24.0 Å². The minimum absolute atomic E-state index is 0.0776. The number of amides is 1. The van der Waals surface area contributed by atoms with Crippen molar-refractivity contribution in [1.82, 2.24) is 14.8 Å². The smallest absolute Gasteiger partial charge is 0.238 e. The molecule has 2 aliphatic rings. The molecule has 6 rings (SSSR count). The third kappa shape index (κ3) is 6.59. The van der Waals surface area contributed by atoms with Gasteiger partial charge in [-0.3, -0.25) is 14.6 Å². The van der Waals surface area contributed by atoms with E-state index in [1.54, 1.807) is 6.07 Å². The van der Waals surface area contributed by atoms with Gasteiger partial charge in [-0.05, 0) is 73.2 Å². The molecular formula is C32H35FN4O4. The molecule has 0 spiro atoms. The summed E-state index contributed by atoms with van der Waals surface area (Å²) in [5.74, 6) is 0.938. The molecule has 2 heterocycles. The fourth-order valence-electron chi connectivity index (χ4n) is 5.71. The Morgan fingerprint density at radius 2 is 1.76 bits per heavy atom. The number of benzene rings is 3. The number of carbonyl (C=O) groups excluding carboxylic acids is 1. The van der Waals surface area contributed by atoms with E-state index in [1.807, 2.05) is 48.5 Å². The van der Waals surface area contributed by atoms with Gasteiger partial charge in [0.15, 0.2) is 5.58 Å². The number of aromatic nitrogens is 1. The van der Waals surface area contributed by atoms with Gasteiger partial charge in [0.05, 0.1) is 6.54 Å². The average Bonchev–Trinajstić information content (AvgIpc) is 3.43. The van der Waals surface area contributed by atoms with Gasteiger partial charge in [-0.25, -0.2) is 9.37 Å². The number of β-amino-alcohol motifs (C(OH)–C–C–N with tert-alkyl or cyclic N) is 1. The first-order chi connectivity index (χ1) is 20.0. The van der Waals surface area contributed by atoms with Gasteiger partial charge in [0, 0.05) is 50.0 Å². The maximum atomic E-state index is 14.2. The Morgan fingerprint density at radius 3 is 2.56 bits per heavy atom. The molecular weight excluding hydrogens is 523 g/mol. The number of hydrogen-bond donors (Lipinski definition) is 2. The van der Waals surface area contributed by atoms with Crippen molar-refractivity contribution < 1.29 is 23.4 Å². The summed E-state index contributed by atoms with van der Waals surface area (Å²) in [4.78, 5) is 21.6. The molecule has 0 saturated carbocycles. The molecule has 3 aromatic carbocycles. The van der Waals surface area contributed by atoms with Crippen molar-refractivity contribution in [3.8, 4) is 17.2 Å². The number of anilines is 1. The van der Waals surface area contributed by atoms with E-state index < -0.39 is 6.10 Å². The van der Waals surface area contributed by atoms with Crippen LogP contribution in [0.15, 0.2) is 65.1 Å². The lowest BCUT2D eigenvalue weighted by Gasteiger charge is -2.35. The van der Waals surface area contributed by atoms with Gasteiger partial charge in [0.2, 0.25) is 11.8 Å². The quantitative estimate of drug-likeness (QED) is 0.312. The average molecular weight is 559 g/mol. The molecule has 1 fully saturated rings. The van der Waals surface area contributed by atoms with E-state index in [-0.39, 0.29) is 18.3 Å². The molecule has 1 aliphatic heterocycles. The van der Waals surface area contributed by atoms with Crippen molar-refractivity contribution in [2.45, 2.75) is 31.8 Å². The molecule has 1 saturated heterocycles. The highest BCUT2D eigenvalue weighted by molar-refractivity contribution is 5.93. The summed E-state index contributed by atoms with van der Waals surface area (Å²) < 4.78 is 25.9. The Hall–Kier alpha value is -3.79. The molecule has 41 heavy (non-hydrogen) atoms. The van der Waals surface area contributed by atoms with Crippen molar-refractivity contribution in [3.63, 3.8) is 0 Å². The summed E-state index contributed by atoms with van der Waals surface area (Å²) in [5, 5.41) is 13.6. The van der Waals surface area contributed by atoms with Crippen LogP contribution in [0, 0.1) is 5.82 Å². The standard InChI is InChI=1S/C32H35FN4O4/c33-27-11-12-28(26-9-5-4-8-25(26)27)34-31(39)20-37-16-14-36(15-17-37)19-23(38)21-40-24-10-13-30-29(18-24)35-32(41-30)22-6-2-1-3-7-22/h1-3,6-7,10-13,18,23,38H,4-5,8-9,14-17,19-21H2,(H,34,39). The lowest BCUT2D eigenvalue weighted by Crippen LogP contribution is -2.50. The van der Waals surface area contributed by atoms with E-state index in [0.717, 1.165) is 74.2 Å². The minimum Gasteiger partial charge on any atom is -0.491 e. The first kappa shape index (κ1) is 27.4. The van der Waals surface area contributed by atoms with Gasteiger partial charge in [0.25, 0.3) is 0 Å². The summed E-state index contributed by atoms with van der Waals surface area (Å²) in [5.41, 5.74) is 4.74. The van der Waals surface area contributed by atoms with Gasteiger partial charge >= 0.3 is 0 Å². The van der Waals surface area contributed by atoms with Crippen LogP contribution in [-0.4, -0.2) is 77.8 Å². The first-order valence-electron chi connectivity index (χ1n) is 14.3. The molecule has 9 heteroatoms. The number of piperazine rings is 1. The van der Waals surface area contributed by atoms with Crippen LogP contribution in [0.4, 0.5) is 10.1 Å². The lowest BCUT2D eigenvalue weighted by molar-refractivity contribution is -0.117. The fourth-order valence-corrected chi connectivity index (χ4v) is 5.71. The second-order valence-electron chi connectivity index (χ2n) is 10.9. The van der Waals surface area contributed by atoms with Crippen molar-refractivity contribution in [2.24, 2.45) is 0 Å². The van der Waals surface area contributed by atoms with Crippen LogP contribution >= 0.6 is 0 Å². The number of carbonyl (C=O) groups is 1. The maximum absolute atomic E-state index is 14.2. The predicted octanol–water partition coefficient (Wildman–Crippen LogP) is 4.51. The number of hydrogen-bond acceptors (Lipinski definition) is 7. The zero-order valence-corrected chi connectivity index (χ0v) is 23.0. The predicted molar refractivity (Wildman–Crippen MR) is 155 cm³/mol. The van der Waals surface area contributed by atoms with Gasteiger partial charge in [0.1, 0.15) is 29.8 Å². The van der Waals surface area contributed by atoms with Crippen LogP contribution in [0.3, 0.4) is 0 Å². The zero-order valence-electron chi connectivity index (χ0n) is 23.0. The van der Waals surface area contributed by atoms with E-state index >= 15 is 0 Å². The van der Waals surface area contributed by atoms with Crippen LogP contribution < -0.4 is 10.1 Å². The van der Waals surface area contributed by atoms with E-state index in [2.05, 4.69) is 20.1 Å². The Kier molecular flexibility index (Phi) is 8.27. The van der Waals surface area contributed by atoms with Crippen molar-refractivity contribution >= 4 is 22.7 Å². The number of rotatable bonds is 9. The van der Waals surface area contributed by atoms with Gasteiger partial charge < -0.3 is 19.6 Å². The molecule has 1 atom stereocenters. The highest BCUT2D eigenvalue weighted by Gasteiger charge is 2.23. The van der Waals surface area contributed by atoms with Gasteiger partial charge in [-0.2, -0.15) is 0 Å². The number of aliphatic hydroxyl groups is 1. The lowest BCUT2D eigenvalue weighted by atomic mass is 9.90. The van der Waals surface area contributed by atoms with E-state index in [4.69, 9.17) is 9.15 Å². The minimum atomic E-state index is -0.651. The maximum Gasteiger partial charge on any atom is 0.238 e. The number of ether oxygens (including phenoxy) is 1. The second-order valence-corrected chi connectivity index (χ2v) is 10.9. The Balaban J connectivity index is 0.943.